The van der Waals surface area contributed by atoms with E-state index in [-0.39, 0.29) is 11.5 Å². The van der Waals surface area contributed by atoms with Gasteiger partial charge in [-0.2, -0.15) is 0 Å². The number of rotatable bonds is 4. The number of aromatic amines is 1. The highest BCUT2D eigenvalue weighted by atomic mass is 16.5. The van der Waals surface area contributed by atoms with Crippen LogP contribution in [0.5, 0.6) is 0 Å². The van der Waals surface area contributed by atoms with E-state index in [2.05, 4.69) is 10.3 Å². The van der Waals surface area contributed by atoms with Crippen molar-refractivity contribution in [3.63, 3.8) is 0 Å². The number of hydrogen-bond acceptors (Lipinski definition) is 3. The van der Waals surface area contributed by atoms with Gasteiger partial charge in [-0.1, -0.05) is 0 Å². The highest BCUT2D eigenvalue weighted by molar-refractivity contribution is 6.07. The summed E-state index contributed by atoms with van der Waals surface area (Å²) in [4.78, 5) is 15.4. The fraction of sp³-hybridized carbons (Fsp3) is 0.400. The molecule has 4 N–H and O–H groups in total. The fourth-order valence-corrected chi connectivity index (χ4v) is 2.69. The minimum absolute atomic E-state index is 0.0924. The average Bonchev–Trinajstić information content (AvgIpc) is 2.80. The van der Waals surface area contributed by atoms with Crippen LogP contribution in [0.4, 0.5) is 5.69 Å². The Morgan fingerprint density at radius 1 is 1.50 bits per heavy atom. The first-order chi connectivity index (χ1) is 9.63. The lowest BCUT2D eigenvalue weighted by Gasteiger charge is -2.40. The molecule has 0 unspecified atom stereocenters. The number of amides is 1. The Balaban J connectivity index is 1.77. The number of ether oxygens (including phenoxy) is 1. The third-order valence-corrected chi connectivity index (χ3v) is 4.22. The topological polar surface area (TPSA) is 80.1 Å². The summed E-state index contributed by atoms with van der Waals surface area (Å²) in [5.41, 5.74) is 7.80. The quantitative estimate of drug-likeness (QED) is 0.746. The van der Waals surface area contributed by atoms with Crippen LogP contribution in [-0.4, -0.2) is 30.1 Å². The molecule has 0 bridgehead atoms. The molecule has 106 valence electrons. The van der Waals surface area contributed by atoms with Crippen molar-refractivity contribution < 1.29 is 9.53 Å². The largest absolute Gasteiger partial charge is 0.399 e. The lowest BCUT2D eigenvalue weighted by Crippen LogP contribution is -2.49. The average molecular weight is 273 g/mol. The van der Waals surface area contributed by atoms with Gasteiger partial charge in [-0.25, -0.2) is 0 Å². The number of hydrogen-bond donors (Lipinski definition) is 3. The summed E-state index contributed by atoms with van der Waals surface area (Å²) >= 11 is 0. The summed E-state index contributed by atoms with van der Waals surface area (Å²) in [6.07, 6.45) is 4.89. The molecule has 5 nitrogen and oxygen atoms in total. The predicted molar refractivity (Wildman–Crippen MR) is 78.6 cm³/mol. The summed E-state index contributed by atoms with van der Waals surface area (Å²) in [5, 5.41) is 3.82. The van der Waals surface area contributed by atoms with Gasteiger partial charge in [0, 0.05) is 36.4 Å². The maximum Gasteiger partial charge on any atom is 0.253 e. The van der Waals surface area contributed by atoms with Gasteiger partial charge in [0.25, 0.3) is 5.91 Å². The van der Waals surface area contributed by atoms with E-state index in [1.807, 2.05) is 18.2 Å². The third-order valence-electron chi connectivity index (χ3n) is 4.22. The molecule has 1 aromatic carbocycles. The summed E-state index contributed by atoms with van der Waals surface area (Å²) < 4.78 is 5.51. The molecule has 1 fully saturated rings. The summed E-state index contributed by atoms with van der Waals surface area (Å²) in [7, 11) is 1.71. The molecular formula is C15H19N3O2. The van der Waals surface area contributed by atoms with Crippen LogP contribution in [-0.2, 0) is 4.74 Å². The molecule has 0 radical (unpaired) electrons. The zero-order valence-electron chi connectivity index (χ0n) is 11.5. The number of nitrogens with two attached hydrogens (primary N) is 1. The molecule has 2 aromatic rings. The van der Waals surface area contributed by atoms with Crippen molar-refractivity contribution in [2.24, 2.45) is 0 Å². The smallest absolute Gasteiger partial charge is 0.253 e. The molecular weight excluding hydrogens is 254 g/mol. The number of aromatic nitrogens is 1. The lowest BCUT2D eigenvalue weighted by molar-refractivity contribution is -0.0679. The van der Waals surface area contributed by atoms with Crippen LogP contribution in [0.15, 0.2) is 24.4 Å². The van der Waals surface area contributed by atoms with Gasteiger partial charge in [0.05, 0.1) is 11.2 Å². The zero-order chi connectivity index (χ0) is 14.2. The van der Waals surface area contributed by atoms with Gasteiger partial charge in [-0.05, 0) is 37.5 Å². The minimum atomic E-state index is -0.166. The van der Waals surface area contributed by atoms with E-state index in [4.69, 9.17) is 10.5 Å². The van der Waals surface area contributed by atoms with Gasteiger partial charge < -0.3 is 20.8 Å². The Bertz CT molecular complexity index is 638. The second-order valence-corrected chi connectivity index (χ2v) is 5.43. The molecule has 1 aliphatic carbocycles. The first kappa shape index (κ1) is 13.0. The van der Waals surface area contributed by atoms with Crippen molar-refractivity contribution in [3.05, 3.63) is 30.0 Å². The van der Waals surface area contributed by atoms with E-state index in [0.717, 1.165) is 30.2 Å². The lowest BCUT2D eigenvalue weighted by atomic mass is 9.80. The van der Waals surface area contributed by atoms with Crippen LogP contribution < -0.4 is 11.1 Å². The number of nitrogen functional groups attached to an aromatic ring is 1. The van der Waals surface area contributed by atoms with E-state index < -0.39 is 0 Å². The van der Waals surface area contributed by atoms with Crippen molar-refractivity contribution in [1.82, 2.24) is 10.3 Å². The first-order valence-electron chi connectivity index (χ1n) is 6.83. The Kier molecular flexibility index (Phi) is 3.14. The molecule has 20 heavy (non-hydrogen) atoms. The number of H-pyrrole nitrogens is 1. The van der Waals surface area contributed by atoms with E-state index in [0.29, 0.717) is 17.8 Å². The molecule has 0 aliphatic heterocycles. The highest BCUT2D eigenvalue weighted by Crippen LogP contribution is 2.34. The number of benzene rings is 1. The van der Waals surface area contributed by atoms with Crippen LogP contribution in [0.1, 0.15) is 29.6 Å². The molecule has 1 amide bonds. The molecule has 3 rings (SSSR count). The number of methoxy groups -OCH3 is 1. The number of nitrogens with one attached hydrogen (secondary N) is 2. The molecule has 5 heteroatoms. The first-order valence-corrected chi connectivity index (χ1v) is 6.83. The molecule has 0 spiro atoms. The van der Waals surface area contributed by atoms with Crippen molar-refractivity contribution in [2.45, 2.75) is 24.9 Å². The second-order valence-electron chi connectivity index (χ2n) is 5.43. The van der Waals surface area contributed by atoms with E-state index >= 15 is 0 Å². The monoisotopic (exact) mass is 273 g/mol. The highest BCUT2D eigenvalue weighted by Gasteiger charge is 2.37. The third kappa shape index (κ3) is 2.14. The standard InChI is InChI=1S/C15H19N3O2/c1-20-15(5-2-6-15)9-18-14(19)12-8-17-13-4-3-10(16)7-11(12)13/h3-4,7-8,17H,2,5-6,9,16H2,1H3,(H,18,19). The summed E-state index contributed by atoms with van der Waals surface area (Å²) in [6, 6.07) is 5.51. The maximum absolute atomic E-state index is 12.3. The van der Waals surface area contributed by atoms with Crippen molar-refractivity contribution in [3.8, 4) is 0 Å². The van der Waals surface area contributed by atoms with Crippen LogP contribution in [0.25, 0.3) is 10.9 Å². The minimum Gasteiger partial charge on any atom is -0.399 e. The SMILES string of the molecule is COC1(CNC(=O)c2c[nH]c3ccc(N)cc23)CCC1. The number of carbonyl (C=O) groups excluding carboxylic acids is 1. The molecule has 1 heterocycles. The summed E-state index contributed by atoms with van der Waals surface area (Å²) in [5.74, 6) is -0.0924. The van der Waals surface area contributed by atoms with Gasteiger partial charge in [0.15, 0.2) is 0 Å². The number of fused-ring (bicyclic) bond motifs is 1. The second kappa shape index (κ2) is 4.83. The Morgan fingerprint density at radius 2 is 2.30 bits per heavy atom. The Hall–Kier alpha value is -2.01. The Morgan fingerprint density at radius 3 is 2.95 bits per heavy atom. The van der Waals surface area contributed by atoms with Crippen molar-refractivity contribution in [1.29, 1.82) is 0 Å². The van der Waals surface area contributed by atoms with Gasteiger partial charge >= 0.3 is 0 Å². The molecule has 0 atom stereocenters. The fourth-order valence-electron chi connectivity index (χ4n) is 2.69. The van der Waals surface area contributed by atoms with Crippen molar-refractivity contribution in [2.75, 3.05) is 19.4 Å². The normalized spacial score (nSPS) is 16.9. The predicted octanol–water partition coefficient (Wildman–Crippen LogP) is 2.05. The molecule has 0 saturated heterocycles. The van der Waals surface area contributed by atoms with E-state index in [1.54, 1.807) is 13.3 Å². The zero-order valence-corrected chi connectivity index (χ0v) is 11.5. The van der Waals surface area contributed by atoms with Crippen molar-refractivity contribution >= 4 is 22.5 Å². The van der Waals surface area contributed by atoms with Crippen LogP contribution in [0.3, 0.4) is 0 Å². The molecule has 1 aromatic heterocycles. The number of anilines is 1. The number of carbonyl (C=O) groups is 1. The van der Waals surface area contributed by atoms with Crippen LogP contribution in [0.2, 0.25) is 0 Å². The maximum atomic E-state index is 12.3. The van der Waals surface area contributed by atoms with Gasteiger partial charge in [-0.15, -0.1) is 0 Å². The van der Waals surface area contributed by atoms with Gasteiger partial charge in [-0.3, -0.25) is 4.79 Å². The van der Waals surface area contributed by atoms with Crippen LogP contribution >= 0.6 is 0 Å². The van der Waals surface area contributed by atoms with Gasteiger partial charge in [0.1, 0.15) is 0 Å². The molecule has 1 saturated carbocycles. The Labute approximate surface area is 117 Å². The summed E-state index contributed by atoms with van der Waals surface area (Å²) in [6.45, 7) is 0.553. The molecule has 1 aliphatic rings. The van der Waals surface area contributed by atoms with E-state index in [9.17, 15) is 4.79 Å². The van der Waals surface area contributed by atoms with Gasteiger partial charge in [0.2, 0.25) is 0 Å². The van der Waals surface area contributed by atoms with E-state index in [1.165, 1.54) is 0 Å². The van der Waals surface area contributed by atoms with Crippen LogP contribution in [0, 0.1) is 0 Å².